The van der Waals surface area contributed by atoms with E-state index < -0.39 is 0 Å². The van der Waals surface area contributed by atoms with Gasteiger partial charge in [-0.3, -0.25) is 4.79 Å². The molecule has 4 heterocycles. The maximum atomic E-state index is 13.4. The van der Waals surface area contributed by atoms with Crippen LogP contribution in [0.25, 0.3) is 0 Å². The minimum Gasteiger partial charge on any atom is -0.491 e. The van der Waals surface area contributed by atoms with Crippen molar-refractivity contribution in [2.75, 3.05) is 49.2 Å². The quantitative estimate of drug-likeness (QED) is 0.727. The van der Waals surface area contributed by atoms with Crippen molar-refractivity contribution in [3.8, 4) is 5.75 Å². The molecule has 180 valence electrons. The number of amides is 1. The van der Waals surface area contributed by atoms with Crippen molar-refractivity contribution < 1.29 is 14.3 Å². The zero-order chi connectivity index (χ0) is 23.1. The van der Waals surface area contributed by atoms with E-state index in [0.29, 0.717) is 18.7 Å². The Labute approximate surface area is 202 Å². The molecule has 0 saturated carbocycles. The van der Waals surface area contributed by atoms with Gasteiger partial charge in [0.2, 0.25) is 0 Å². The maximum absolute atomic E-state index is 13.4. The van der Waals surface area contributed by atoms with Crippen molar-refractivity contribution in [3.63, 3.8) is 0 Å². The molecule has 0 radical (unpaired) electrons. The van der Waals surface area contributed by atoms with Crippen molar-refractivity contribution >= 4 is 17.3 Å². The van der Waals surface area contributed by atoms with Crippen molar-refractivity contribution in [1.29, 1.82) is 0 Å². The normalized spacial score (nSPS) is 26.5. The number of carbonyl (C=O) groups excluding carboxylic acids is 1. The molecule has 0 bridgehead atoms. The van der Waals surface area contributed by atoms with Gasteiger partial charge in [-0.25, -0.2) is 0 Å². The molecule has 1 spiro atoms. The van der Waals surface area contributed by atoms with Crippen molar-refractivity contribution in [3.05, 3.63) is 53.1 Å². The van der Waals surface area contributed by atoms with Gasteiger partial charge in [0.15, 0.2) is 0 Å². The molecule has 6 rings (SSSR count). The number of nitrogens with zero attached hydrogens (tertiary/aromatic N) is 2. The predicted octanol–water partition coefficient (Wildman–Crippen LogP) is 4.09. The second-order valence-corrected chi connectivity index (χ2v) is 10.4. The summed E-state index contributed by atoms with van der Waals surface area (Å²) < 4.78 is 11.6. The summed E-state index contributed by atoms with van der Waals surface area (Å²) in [6, 6.07) is 12.5. The third-order valence-corrected chi connectivity index (χ3v) is 8.14. The third kappa shape index (κ3) is 4.07. The highest BCUT2D eigenvalue weighted by molar-refractivity contribution is 6.08. The molecule has 4 aliphatic rings. The molecular formula is C28H35N3O3. The Hall–Kier alpha value is -2.57. The van der Waals surface area contributed by atoms with Gasteiger partial charge in [-0.1, -0.05) is 0 Å². The zero-order valence-corrected chi connectivity index (χ0v) is 20.1. The van der Waals surface area contributed by atoms with Crippen LogP contribution < -0.4 is 19.9 Å². The second kappa shape index (κ2) is 8.90. The molecule has 6 heteroatoms. The molecule has 4 aliphatic heterocycles. The highest BCUT2D eigenvalue weighted by Crippen LogP contribution is 2.36. The molecule has 1 amide bonds. The summed E-state index contributed by atoms with van der Waals surface area (Å²) in [5.74, 6) is 0.911. The standard InChI is InChI=1S/C28H35N3O3/c1-20-16-22(30-14-11-28(19-30)10-3-12-29-28)5-8-26(20)31-13-9-21-17-23(6-7-25(21)27(31)32)34-18-24-4-2-15-33-24/h5-8,16-17,24,29H,2-4,9-15,18-19H2,1H3/t24-,28?/m0/s1. The minimum absolute atomic E-state index is 0.0815. The number of fused-ring (bicyclic) bond motifs is 1. The number of carbonyl (C=O) groups is 1. The number of hydrogen-bond acceptors (Lipinski definition) is 5. The number of aryl methyl sites for hydroxylation is 1. The van der Waals surface area contributed by atoms with E-state index in [9.17, 15) is 4.79 Å². The topological polar surface area (TPSA) is 54.0 Å². The fourth-order valence-electron chi connectivity index (χ4n) is 6.20. The summed E-state index contributed by atoms with van der Waals surface area (Å²) in [4.78, 5) is 17.8. The Morgan fingerprint density at radius 1 is 1.15 bits per heavy atom. The first-order valence-electron chi connectivity index (χ1n) is 12.9. The molecule has 6 nitrogen and oxygen atoms in total. The summed E-state index contributed by atoms with van der Waals surface area (Å²) in [7, 11) is 0. The molecule has 3 saturated heterocycles. The van der Waals surface area contributed by atoms with Crippen molar-refractivity contribution in [2.45, 2.75) is 57.1 Å². The number of anilines is 2. The summed E-state index contributed by atoms with van der Waals surface area (Å²) in [6.07, 6.45) is 6.98. The van der Waals surface area contributed by atoms with Gasteiger partial charge in [0.1, 0.15) is 12.4 Å². The van der Waals surface area contributed by atoms with Crippen LogP contribution in [0, 0.1) is 6.92 Å². The lowest BCUT2D eigenvalue weighted by molar-refractivity contribution is 0.0679. The van der Waals surface area contributed by atoms with Crippen molar-refractivity contribution in [1.82, 2.24) is 5.32 Å². The molecule has 0 aromatic heterocycles. The lowest BCUT2D eigenvalue weighted by Crippen LogP contribution is -2.42. The Balaban J connectivity index is 1.15. The van der Waals surface area contributed by atoms with Gasteiger partial charge in [-0.15, -0.1) is 0 Å². The van der Waals surface area contributed by atoms with Crippen LogP contribution in [0.5, 0.6) is 5.75 Å². The van der Waals surface area contributed by atoms with Crippen LogP contribution in [-0.4, -0.2) is 56.9 Å². The number of ether oxygens (including phenoxy) is 2. The Bertz CT molecular complexity index is 1070. The number of nitrogens with one attached hydrogen (secondary N) is 1. The first kappa shape index (κ1) is 21.9. The van der Waals surface area contributed by atoms with Gasteiger partial charge in [0.25, 0.3) is 5.91 Å². The van der Waals surface area contributed by atoms with E-state index in [0.717, 1.165) is 73.6 Å². The van der Waals surface area contributed by atoms with E-state index in [1.54, 1.807) is 0 Å². The maximum Gasteiger partial charge on any atom is 0.258 e. The fraction of sp³-hybridized carbons (Fsp3) is 0.536. The van der Waals surface area contributed by atoms with Crippen LogP contribution >= 0.6 is 0 Å². The van der Waals surface area contributed by atoms with Crippen LogP contribution in [0.15, 0.2) is 36.4 Å². The third-order valence-electron chi connectivity index (χ3n) is 8.14. The lowest BCUT2D eigenvalue weighted by atomic mass is 9.97. The molecular weight excluding hydrogens is 426 g/mol. The summed E-state index contributed by atoms with van der Waals surface area (Å²) >= 11 is 0. The Morgan fingerprint density at radius 3 is 2.88 bits per heavy atom. The van der Waals surface area contributed by atoms with Crippen LogP contribution in [0.1, 0.15) is 53.6 Å². The molecule has 2 atom stereocenters. The average Bonchev–Trinajstić information content (AvgIpc) is 3.62. The van der Waals surface area contributed by atoms with E-state index in [4.69, 9.17) is 9.47 Å². The summed E-state index contributed by atoms with van der Waals surface area (Å²) in [5, 5.41) is 3.74. The summed E-state index contributed by atoms with van der Waals surface area (Å²) in [6.45, 7) is 7.56. The van der Waals surface area contributed by atoms with Gasteiger partial charge in [-0.05, 0) is 99.5 Å². The van der Waals surface area contributed by atoms with E-state index in [-0.39, 0.29) is 12.0 Å². The summed E-state index contributed by atoms with van der Waals surface area (Å²) in [5.41, 5.74) is 5.62. The highest BCUT2D eigenvalue weighted by atomic mass is 16.5. The van der Waals surface area contributed by atoms with E-state index in [1.807, 2.05) is 23.1 Å². The smallest absolute Gasteiger partial charge is 0.258 e. The van der Waals surface area contributed by atoms with Gasteiger partial charge in [0, 0.05) is 48.7 Å². The van der Waals surface area contributed by atoms with Crippen LogP contribution in [0.4, 0.5) is 11.4 Å². The largest absolute Gasteiger partial charge is 0.491 e. The van der Waals surface area contributed by atoms with Gasteiger partial charge in [-0.2, -0.15) is 0 Å². The molecule has 2 aromatic carbocycles. The van der Waals surface area contributed by atoms with E-state index >= 15 is 0 Å². The Kier molecular flexibility index (Phi) is 5.74. The zero-order valence-electron chi connectivity index (χ0n) is 20.1. The fourth-order valence-corrected chi connectivity index (χ4v) is 6.20. The van der Waals surface area contributed by atoms with Crippen LogP contribution in [-0.2, 0) is 11.2 Å². The molecule has 0 aliphatic carbocycles. The van der Waals surface area contributed by atoms with Gasteiger partial charge >= 0.3 is 0 Å². The average molecular weight is 462 g/mol. The van der Waals surface area contributed by atoms with Crippen LogP contribution in [0.2, 0.25) is 0 Å². The first-order valence-corrected chi connectivity index (χ1v) is 12.9. The number of rotatable bonds is 5. The lowest BCUT2D eigenvalue weighted by Gasteiger charge is -2.31. The molecule has 1 unspecified atom stereocenters. The minimum atomic E-state index is 0.0815. The first-order chi connectivity index (χ1) is 16.6. The monoisotopic (exact) mass is 461 g/mol. The highest BCUT2D eigenvalue weighted by Gasteiger charge is 2.40. The number of benzene rings is 2. The van der Waals surface area contributed by atoms with E-state index in [1.165, 1.54) is 24.9 Å². The SMILES string of the molecule is Cc1cc(N2CCC3(CCCN3)C2)ccc1N1CCc2cc(OC[C@@H]3CCCO3)ccc2C1=O. The number of hydrogen-bond donors (Lipinski definition) is 1. The van der Waals surface area contributed by atoms with Crippen molar-refractivity contribution in [2.24, 2.45) is 0 Å². The van der Waals surface area contributed by atoms with E-state index in [2.05, 4.69) is 35.3 Å². The molecule has 34 heavy (non-hydrogen) atoms. The predicted molar refractivity (Wildman–Crippen MR) is 134 cm³/mol. The van der Waals surface area contributed by atoms with Crippen LogP contribution in [0.3, 0.4) is 0 Å². The molecule has 3 fully saturated rings. The van der Waals surface area contributed by atoms with Gasteiger partial charge < -0.3 is 24.6 Å². The Morgan fingerprint density at radius 2 is 2.09 bits per heavy atom. The molecule has 2 aromatic rings. The van der Waals surface area contributed by atoms with Gasteiger partial charge in [0.05, 0.1) is 6.10 Å². The second-order valence-electron chi connectivity index (χ2n) is 10.4. The molecule has 1 N–H and O–H groups in total.